The van der Waals surface area contributed by atoms with E-state index in [0.29, 0.717) is 25.4 Å². The molecule has 0 saturated heterocycles. The molecule has 0 bridgehead atoms. The Morgan fingerprint density at radius 2 is 2.04 bits per heavy atom. The number of benzene rings is 1. The molecule has 1 aliphatic rings. The fourth-order valence-electron chi connectivity index (χ4n) is 4.07. The lowest BCUT2D eigenvalue weighted by molar-refractivity contribution is -0.117. The molecule has 0 atom stereocenters. The molecule has 1 heterocycles. The van der Waals surface area contributed by atoms with Crippen molar-refractivity contribution in [2.24, 2.45) is 5.92 Å². The number of nitrogens with one attached hydrogen (secondary N) is 2. The Bertz CT molecular complexity index is 775. The molecule has 1 fully saturated rings. The van der Waals surface area contributed by atoms with Crippen molar-refractivity contribution in [3.8, 4) is 11.1 Å². The van der Waals surface area contributed by atoms with Crippen LogP contribution in [0.4, 0.5) is 5.69 Å². The number of aromatic nitrogens is 1. The lowest BCUT2D eigenvalue weighted by Gasteiger charge is -2.21. The van der Waals surface area contributed by atoms with Gasteiger partial charge in [-0.05, 0) is 55.9 Å². The molecule has 28 heavy (non-hydrogen) atoms. The van der Waals surface area contributed by atoms with Gasteiger partial charge in [-0.15, -0.1) is 0 Å². The smallest absolute Gasteiger partial charge is 0.224 e. The molecule has 1 aromatic carbocycles. The lowest BCUT2D eigenvalue weighted by Crippen LogP contribution is -2.21. The summed E-state index contributed by atoms with van der Waals surface area (Å²) in [5.74, 6) is 1.37. The molecule has 0 unspecified atom stereocenters. The summed E-state index contributed by atoms with van der Waals surface area (Å²) in [7, 11) is 0. The second-order valence-electron chi connectivity index (χ2n) is 7.73. The topological polar surface area (TPSA) is 87.4 Å². The summed E-state index contributed by atoms with van der Waals surface area (Å²) in [6, 6.07) is 6.02. The Hall–Kier alpha value is -2.18. The van der Waals surface area contributed by atoms with Gasteiger partial charge in [-0.1, -0.05) is 30.5 Å². The highest BCUT2D eigenvalue weighted by Crippen LogP contribution is 2.31. The van der Waals surface area contributed by atoms with E-state index in [0.717, 1.165) is 46.7 Å². The van der Waals surface area contributed by atoms with E-state index in [1.165, 1.54) is 19.3 Å². The molecule has 1 aliphatic carbocycles. The normalized spacial score (nSPS) is 15.0. The van der Waals surface area contributed by atoms with Crippen LogP contribution < -0.4 is 10.6 Å². The molecule has 0 spiro atoms. The Labute approximate surface area is 166 Å². The molecular formula is C22H31N3O3. The van der Waals surface area contributed by atoms with Crippen LogP contribution in [0.2, 0.25) is 0 Å². The summed E-state index contributed by atoms with van der Waals surface area (Å²) >= 11 is 0. The van der Waals surface area contributed by atoms with Crippen molar-refractivity contribution in [2.75, 3.05) is 18.5 Å². The number of rotatable bonds is 8. The minimum atomic E-state index is 0.0763. The maximum Gasteiger partial charge on any atom is 0.224 e. The highest BCUT2D eigenvalue weighted by atomic mass is 16.5. The fourth-order valence-corrected chi connectivity index (χ4v) is 4.07. The third-order valence-electron chi connectivity index (χ3n) is 5.50. The zero-order chi connectivity index (χ0) is 19.9. The minimum Gasteiger partial charge on any atom is -0.395 e. The molecule has 1 saturated carbocycles. The SMILES string of the molecule is Cc1noc(C)c1-c1ccc(NC(=O)CC2CCCCC2)c(CNCCO)c1. The van der Waals surface area contributed by atoms with Gasteiger partial charge in [0.05, 0.1) is 12.3 Å². The fraction of sp³-hybridized carbons (Fsp3) is 0.545. The van der Waals surface area contributed by atoms with Gasteiger partial charge in [0, 0.05) is 30.8 Å². The zero-order valence-electron chi connectivity index (χ0n) is 16.9. The maximum absolute atomic E-state index is 12.6. The van der Waals surface area contributed by atoms with Crippen molar-refractivity contribution in [3.63, 3.8) is 0 Å². The van der Waals surface area contributed by atoms with Gasteiger partial charge in [-0.2, -0.15) is 0 Å². The molecule has 3 rings (SSSR count). The van der Waals surface area contributed by atoms with Gasteiger partial charge >= 0.3 is 0 Å². The number of aliphatic hydroxyl groups is 1. The summed E-state index contributed by atoms with van der Waals surface area (Å²) in [6.07, 6.45) is 6.67. The predicted molar refractivity (Wildman–Crippen MR) is 110 cm³/mol. The molecule has 3 N–H and O–H groups in total. The van der Waals surface area contributed by atoms with Crippen molar-refractivity contribution in [2.45, 2.75) is 58.9 Å². The van der Waals surface area contributed by atoms with E-state index in [2.05, 4.69) is 21.9 Å². The van der Waals surface area contributed by atoms with Gasteiger partial charge in [0.2, 0.25) is 5.91 Å². The number of hydrogen-bond donors (Lipinski definition) is 3. The zero-order valence-corrected chi connectivity index (χ0v) is 16.9. The highest BCUT2D eigenvalue weighted by Gasteiger charge is 2.18. The molecule has 152 valence electrons. The Kier molecular flexibility index (Phi) is 7.23. The van der Waals surface area contributed by atoms with E-state index >= 15 is 0 Å². The van der Waals surface area contributed by atoms with Gasteiger partial charge in [0.15, 0.2) is 0 Å². The number of amides is 1. The standard InChI is InChI=1S/C22H31N3O3/c1-15-22(16(2)28-25-15)18-8-9-20(19(13-18)14-23-10-11-26)24-21(27)12-17-6-4-3-5-7-17/h8-9,13,17,23,26H,3-7,10-12,14H2,1-2H3,(H,24,27). The first-order valence-corrected chi connectivity index (χ1v) is 10.3. The Balaban J connectivity index is 1.77. The number of aliphatic hydroxyl groups excluding tert-OH is 1. The van der Waals surface area contributed by atoms with E-state index < -0.39 is 0 Å². The van der Waals surface area contributed by atoms with E-state index in [9.17, 15) is 4.79 Å². The quantitative estimate of drug-likeness (QED) is 0.599. The molecule has 1 aromatic heterocycles. The van der Waals surface area contributed by atoms with Crippen LogP contribution in [-0.4, -0.2) is 29.3 Å². The van der Waals surface area contributed by atoms with Gasteiger partial charge in [0.1, 0.15) is 5.76 Å². The second kappa shape index (κ2) is 9.85. The number of carbonyl (C=O) groups is 1. The summed E-state index contributed by atoms with van der Waals surface area (Å²) < 4.78 is 5.30. The van der Waals surface area contributed by atoms with Crippen LogP contribution in [0, 0.1) is 19.8 Å². The van der Waals surface area contributed by atoms with Crippen LogP contribution in [0.1, 0.15) is 55.5 Å². The summed E-state index contributed by atoms with van der Waals surface area (Å²) in [5, 5.41) is 19.4. The summed E-state index contributed by atoms with van der Waals surface area (Å²) in [5.41, 5.74) is 4.66. The highest BCUT2D eigenvalue weighted by molar-refractivity contribution is 5.92. The van der Waals surface area contributed by atoms with Gasteiger partial charge in [0.25, 0.3) is 0 Å². The molecule has 6 nitrogen and oxygen atoms in total. The van der Waals surface area contributed by atoms with E-state index in [-0.39, 0.29) is 12.5 Å². The summed E-state index contributed by atoms with van der Waals surface area (Å²) in [4.78, 5) is 12.6. The van der Waals surface area contributed by atoms with Crippen LogP contribution in [0.15, 0.2) is 22.7 Å². The maximum atomic E-state index is 12.6. The second-order valence-corrected chi connectivity index (χ2v) is 7.73. The molecule has 6 heteroatoms. The van der Waals surface area contributed by atoms with Crippen molar-refractivity contribution in [1.82, 2.24) is 10.5 Å². The van der Waals surface area contributed by atoms with E-state index in [4.69, 9.17) is 9.63 Å². The Morgan fingerprint density at radius 3 is 2.71 bits per heavy atom. The molecule has 0 aliphatic heterocycles. The molecule has 0 radical (unpaired) electrons. The monoisotopic (exact) mass is 385 g/mol. The van der Waals surface area contributed by atoms with Gasteiger partial charge < -0.3 is 20.3 Å². The first kappa shape index (κ1) is 20.6. The van der Waals surface area contributed by atoms with Gasteiger partial charge in [-0.25, -0.2) is 0 Å². The van der Waals surface area contributed by atoms with Gasteiger partial charge in [-0.3, -0.25) is 4.79 Å². The number of aryl methyl sites for hydroxylation is 2. The lowest BCUT2D eigenvalue weighted by atomic mass is 9.87. The minimum absolute atomic E-state index is 0.0763. The molecule has 1 amide bonds. The Morgan fingerprint density at radius 1 is 1.25 bits per heavy atom. The summed E-state index contributed by atoms with van der Waals surface area (Å²) in [6.45, 7) is 4.98. The number of hydrogen-bond acceptors (Lipinski definition) is 5. The molecule has 2 aromatic rings. The largest absolute Gasteiger partial charge is 0.395 e. The van der Waals surface area contributed by atoms with Crippen molar-refractivity contribution < 1.29 is 14.4 Å². The third-order valence-corrected chi connectivity index (χ3v) is 5.50. The van der Waals surface area contributed by atoms with Crippen molar-refractivity contribution >= 4 is 11.6 Å². The average molecular weight is 386 g/mol. The number of carbonyl (C=O) groups excluding carboxylic acids is 1. The van der Waals surface area contributed by atoms with Crippen LogP contribution in [0.5, 0.6) is 0 Å². The van der Waals surface area contributed by atoms with Crippen molar-refractivity contribution in [1.29, 1.82) is 0 Å². The first-order chi connectivity index (χ1) is 13.6. The van der Waals surface area contributed by atoms with Crippen LogP contribution >= 0.6 is 0 Å². The predicted octanol–water partition coefficient (Wildman–Crippen LogP) is 3.95. The van der Waals surface area contributed by atoms with E-state index in [1.54, 1.807) is 0 Å². The van der Waals surface area contributed by atoms with E-state index in [1.807, 2.05) is 26.0 Å². The number of nitrogens with zero attached hydrogens (tertiary/aromatic N) is 1. The average Bonchev–Trinajstić information content (AvgIpc) is 3.02. The van der Waals surface area contributed by atoms with Crippen LogP contribution in [-0.2, 0) is 11.3 Å². The molecular weight excluding hydrogens is 354 g/mol. The van der Waals surface area contributed by atoms with Crippen LogP contribution in [0.25, 0.3) is 11.1 Å². The van der Waals surface area contributed by atoms with Crippen LogP contribution in [0.3, 0.4) is 0 Å². The third kappa shape index (κ3) is 5.20. The van der Waals surface area contributed by atoms with Crippen molar-refractivity contribution in [3.05, 3.63) is 35.2 Å². The number of anilines is 1. The first-order valence-electron chi connectivity index (χ1n) is 10.3.